The highest BCUT2D eigenvalue weighted by Crippen LogP contribution is 2.53. The molecule has 0 atom stereocenters. The second-order valence-electron chi connectivity index (χ2n) is 3.47. The highest BCUT2D eigenvalue weighted by molar-refractivity contribution is 7.73. The number of rotatable bonds is 2. The van der Waals surface area contributed by atoms with Gasteiger partial charge < -0.3 is 4.57 Å². The van der Waals surface area contributed by atoms with Crippen LogP contribution in [-0.4, -0.2) is 17.2 Å². The second-order valence-corrected chi connectivity index (χ2v) is 6.66. The Balaban J connectivity index is 2.40. The molecule has 1 aromatic rings. The van der Waals surface area contributed by atoms with Crippen molar-refractivity contribution in [2.24, 2.45) is 0 Å². The van der Waals surface area contributed by atoms with Gasteiger partial charge in [0.1, 0.15) is 7.14 Å². The Kier molecular flexibility index (Phi) is 2.16. The Morgan fingerprint density at radius 1 is 1.36 bits per heavy atom. The third-order valence-electron chi connectivity index (χ3n) is 2.55. The van der Waals surface area contributed by atoms with Gasteiger partial charge in [0.25, 0.3) is 5.69 Å². The minimum atomic E-state index is -2.22. The summed E-state index contributed by atoms with van der Waals surface area (Å²) in [6, 6.07) is 6.20. The molecule has 5 heteroatoms. The Hall–Kier alpha value is -1.15. The van der Waals surface area contributed by atoms with Crippen molar-refractivity contribution in [1.82, 2.24) is 0 Å². The van der Waals surface area contributed by atoms with Gasteiger partial charge in [-0.1, -0.05) is 12.1 Å². The highest BCUT2D eigenvalue weighted by Gasteiger charge is 2.32. The molecule has 0 unspecified atom stereocenters. The van der Waals surface area contributed by atoms with Crippen molar-refractivity contribution in [3.8, 4) is 0 Å². The highest BCUT2D eigenvalue weighted by atomic mass is 31.2. The minimum absolute atomic E-state index is 0.0321. The SMILES string of the molecule is O=[N+]([O-])c1cccc(P2(=O)CCC2)c1. The fourth-order valence-electron chi connectivity index (χ4n) is 1.56. The lowest BCUT2D eigenvalue weighted by Crippen LogP contribution is -2.19. The first-order chi connectivity index (χ1) is 6.62. The molecule has 0 bridgehead atoms. The molecule has 4 nitrogen and oxygen atoms in total. The van der Waals surface area contributed by atoms with Gasteiger partial charge in [0.2, 0.25) is 0 Å². The zero-order chi connectivity index (χ0) is 10.2. The average molecular weight is 211 g/mol. The van der Waals surface area contributed by atoms with Crippen LogP contribution in [0.1, 0.15) is 6.42 Å². The van der Waals surface area contributed by atoms with Gasteiger partial charge in [-0.15, -0.1) is 0 Å². The van der Waals surface area contributed by atoms with Crippen LogP contribution in [0.3, 0.4) is 0 Å². The first kappa shape index (κ1) is 9.41. The fourth-order valence-corrected chi connectivity index (χ4v) is 3.70. The lowest BCUT2D eigenvalue weighted by molar-refractivity contribution is -0.384. The van der Waals surface area contributed by atoms with E-state index in [4.69, 9.17) is 0 Å². The van der Waals surface area contributed by atoms with Crippen molar-refractivity contribution in [2.75, 3.05) is 12.3 Å². The molecule has 0 aromatic heterocycles. The van der Waals surface area contributed by atoms with Crippen LogP contribution in [0.25, 0.3) is 0 Å². The summed E-state index contributed by atoms with van der Waals surface area (Å²) in [5, 5.41) is 11.2. The summed E-state index contributed by atoms with van der Waals surface area (Å²) in [6.45, 7) is 0. The van der Waals surface area contributed by atoms with E-state index in [1.165, 1.54) is 12.1 Å². The molecule has 74 valence electrons. The van der Waals surface area contributed by atoms with Gasteiger partial charge in [-0.25, -0.2) is 0 Å². The monoisotopic (exact) mass is 211 g/mol. The zero-order valence-corrected chi connectivity index (χ0v) is 8.44. The van der Waals surface area contributed by atoms with Gasteiger partial charge in [-0.3, -0.25) is 10.1 Å². The Bertz CT molecular complexity index is 422. The summed E-state index contributed by atoms with van der Waals surface area (Å²) in [6.07, 6.45) is 2.38. The standard InChI is InChI=1S/C9H10NO3P/c11-10(12)8-3-1-4-9(7-8)14(13)5-2-6-14/h1,3-4,7H,2,5-6H2. The number of non-ortho nitro benzene ring substituents is 1. The summed E-state index contributed by atoms with van der Waals surface area (Å²) >= 11 is 0. The van der Waals surface area contributed by atoms with Crippen molar-refractivity contribution in [3.63, 3.8) is 0 Å². The van der Waals surface area contributed by atoms with Gasteiger partial charge >= 0.3 is 0 Å². The largest absolute Gasteiger partial charge is 0.319 e. The summed E-state index contributed by atoms with van der Waals surface area (Å²) in [5.74, 6) is 0. The van der Waals surface area contributed by atoms with E-state index in [0.29, 0.717) is 17.6 Å². The van der Waals surface area contributed by atoms with Crippen molar-refractivity contribution in [2.45, 2.75) is 6.42 Å². The van der Waals surface area contributed by atoms with Crippen molar-refractivity contribution in [1.29, 1.82) is 0 Å². The Labute approximate surface area is 81.5 Å². The van der Waals surface area contributed by atoms with Crippen LogP contribution < -0.4 is 5.30 Å². The van der Waals surface area contributed by atoms with Crippen molar-refractivity contribution in [3.05, 3.63) is 34.4 Å². The summed E-state index contributed by atoms with van der Waals surface area (Å²) in [5.41, 5.74) is 0.0321. The van der Waals surface area contributed by atoms with E-state index in [0.717, 1.165) is 6.42 Å². The van der Waals surface area contributed by atoms with Crippen LogP contribution in [0.4, 0.5) is 5.69 Å². The quantitative estimate of drug-likeness (QED) is 0.427. The van der Waals surface area contributed by atoms with Crippen LogP contribution in [0, 0.1) is 10.1 Å². The van der Waals surface area contributed by atoms with Crippen LogP contribution in [0.5, 0.6) is 0 Å². The van der Waals surface area contributed by atoms with Crippen LogP contribution in [0.15, 0.2) is 24.3 Å². The normalized spacial score (nSPS) is 18.6. The van der Waals surface area contributed by atoms with Crippen LogP contribution in [-0.2, 0) is 4.57 Å². The number of nitro benzene ring substituents is 1. The molecule has 1 saturated heterocycles. The predicted molar refractivity (Wildman–Crippen MR) is 54.7 cm³/mol. The van der Waals surface area contributed by atoms with E-state index in [1.807, 2.05) is 0 Å². The van der Waals surface area contributed by atoms with E-state index in [1.54, 1.807) is 12.1 Å². The van der Waals surface area contributed by atoms with E-state index < -0.39 is 12.1 Å². The van der Waals surface area contributed by atoms with Gasteiger partial charge in [0.15, 0.2) is 0 Å². The molecular weight excluding hydrogens is 201 g/mol. The third-order valence-corrected chi connectivity index (χ3v) is 5.85. The maximum absolute atomic E-state index is 12.0. The lowest BCUT2D eigenvalue weighted by Gasteiger charge is -2.26. The topological polar surface area (TPSA) is 60.2 Å². The average Bonchev–Trinajstić information content (AvgIpc) is 2.14. The lowest BCUT2D eigenvalue weighted by atomic mass is 10.3. The van der Waals surface area contributed by atoms with Gasteiger partial charge in [0, 0.05) is 29.8 Å². The maximum atomic E-state index is 12.0. The number of hydrogen-bond donors (Lipinski definition) is 0. The summed E-state index contributed by atoms with van der Waals surface area (Å²) in [7, 11) is -2.22. The molecule has 1 aliphatic heterocycles. The molecule has 0 amide bonds. The van der Waals surface area contributed by atoms with E-state index >= 15 is 0 Å². The Morgan fingerprint density at radius 3 is 2.57 bits per heavy atom. The van der Waals surface area contributed by atoms with Gasteiger partial charge in [-0.2, -0.15) is 0 Å². The first-order valence-electron chi connectivity index (χ1n) is 4.45. The first-order valence-corrected chi connectivity index (χ1v) is 6.53. The molecule has 0 spiro atoms. The molecule has 1 heterocycles. The summed E-state index contributed by atoms with van der Waals surface area (Å²) < 4.78 is 12.0. The number of nitrogens with zero attached hydrogens (tertiary/aromatic N) is 1. The zero-order valence-electron chi connectivity index (χ0n) is 7.55. The molecule has 14 heavy (non-hydrogen) atoms. The maximum Gasteiger partial charge on any atom is 0.270 e. The molecule has 0 saturated carbocycles. The number of nitro groups is 1. The van der Waals surface area contributed by atoms with E-state index in [-0.39, 0.29) is 5.69 Å². The molecule has 0 aliphatic carbocycles. The minimum Gasteiger partial charge on any atom is -0.319 e. The van der Waals surface area contributed by atoms with E-state index in [2.05, 4.69) is 0 Å². The molecule has 1 fully saturated rings. The van der Waals surface area contributed by atoms with Crippen molar-refractivity contribution < 1.29 is 9.49 Å². The van der Waals surface area contributed by atoms with Gasteiger partial charge in [0.05, 0.1) is 4.92 Å². The summed E-state index contributed by atoms with van der Waals surface area (Å²) in [4.78, 5) is 10.1. The fraction of sp³-hybridized carbons (Fsp3) is 0.333. The molecular formula is C9H10NO3P. The number of hydrogen-bond acceptors (Lipinski definition) is 3. The Morgan fingerprint density at radius 2 is 2.07 bits per heavy atom. The molecule has 1 aromatic carbocycles. The van der Waals surface area contributed by atoms with Crippen LogP contribution in [0.2, 0.25) is 0 Å². The van der Waals surface area contributed by atoms with Gasteiger partial charge in [-0.05, 0) is 6.42 Å². The van der Waals surface area contributed by atoms with Crippen LogP contribution >= 0.6 is 7.14 Å². The molecule has 2 rings (SSSR count). The molecule has 1 aliphatic rings. The second kappa shape index (κ2) is 3.21. The van der Waals surface area contributed by atoms with E-state index in [9.17, 15) is 14.7 Å². The third kappa shape index (κ3) is 1.46. The smallest absolute Gasteiger partial charge is 0.270 e. The number of benzene rings is 1. The predicted octanol–water partition coefficient (Wildman–Crippen LogP) is 1.99. The molecule has 0 radical (unpaired) electrons. The molecule has 0 N–H and O–H groups in total. The van der Waals surface area contributed by atoms with Crippen molar-refractivity contribution >= 4 is 18.1 Å².